The molecule has 126 valence electrons. The van der Waals surface area contributed by atoms with Crippen molar-refractivity contribution >= 4 is 10.9 Å². The summed E-state index contributed by atoms with van der Waals surface area (Å²) in [5.41, 5.74) is 2.93. The number of rotatable bonds is 6. The Morgan fingerprint density at radius 2 is 2.08 bits per heavy atom. The van der Waals surface area contributed by atoms with Crippen LogP contribution in [0.3, 0.4) is 0 Å². The van der Waals surface area contributed by atoms with Gasteiger partial charge < -0.3 is 9.72 Å². The van der Waals surface area contributed by atoms with E-state index in [1.165, 1.54) is 0 Å². The molecule has 0 bridgehead atoms. The fraction of sp³-hybridized carbons (Fsp3) is 0.353. The van der Waals surface area contributed by atoms with Gasteiger partial charge in [0.15, 0.2) is 0 Å². The molecule has 24 heavy (non-hydrogen) atoms. The minimum Gasteiger partial charge on any atom is -0.494 e. The van der Waals surface area contributed by atoms with Crippen LogP contribution in [0.2, 0.25) is 0 Å². The summed E-state index contributed by atoms with van der Waals surface area (Å²) in [7, 11) is 1.92. The van der Waals surface area contributed by atoms with Crippen molar-refractivity contribution in [2.75, 3.05) is 13.7 Å². The first kappa shape index (κ1) is 16.2. The summed E-state index contributed by atoms with van der Waals surface area (Å²) in [6.45, 7) is 5.45. The first-order valence-electron chi connectivity index (χ1n) is 7.82. The number of benzene rings is 1. The van der Waals surface area contributed by atoms with Gasteiger partial charge in [0.1, 0.15) is 17.1 Å². The van der Waals surface area contributed by atoms with E-state index in [-0.39, 0.29) is 5.56 Å². The van der Waals surface area contributed by atoms with Crippen LogP contribution >= 0.6 is 0 Å². The van der Waals surface area contributed by atoms with Crippen LogP contribution in [0.5, 0.6) is 5.75 Å². The summed E-state index contributed by atoms with van der Waals surface area (Å²) in [5, 5.41) is 8.59. The third kappa shape index (κ3) is 3.46. The largest absolute Gasteiger partial charge is 0.494 e. The monoisotopic (exact) mass is 328 g/mol. The van der Waals surface area contributed by atoms with Gasteiger partial charge >= 0.3 is 0 Å². The maximum Gasteiger partial charge on any atom is 0.252 e. The summed E-state index contributed by atoms with van der Waals surface area (Å²) >= 11 is 0. The van der Waals surface area contributed by atoms with Crippen molar-refractivity contribution in [1.29, 1.82) is 0 Å². The highest BCUT2D eigenvalue weighted by Crippen LogP contribution is 2.19. The van der Waals surface area contributed by atoms with Crippen molar-refractivity contribution in [3.05, 3.63) is 51.6 Å². The standard InChI is InChI=1S/C17H20N4O3/c1-4-23-14-5-6-15-12(8-14)7-13(17(22)18-15)9-21(3)10-16-11(2)19-24-20-16/h5-8H,4,9-10H2,1-3H3,(H,18,22). The zero-order valence-corrected chi connectivity index (χ0v) is 14.0. The lowest BCUT2D eigenvalue weighted by atomic mass is 10.1. The number of H-pyrrole nitrogens is 1. The molecular formula is C17H20N4O3. The SMILES string of the molecule is CCOc1ccc2[nH]c(=O)c(CN(C)Cc3nonc3C)cc2c1. The predicted octanol–water partition coefficient (Wildman–Crippen LogP) is 2.25. The average Bonchev–Trinajstić information content (AvgIpc) is 2.94. The molecule has 2 heterocycles. The zero-order valence-electron chi connectivity index (χ0n) is 14.0. The molecule has 0 radical (unpaired) electrons. The van der Waals surface area contributed by atoms with Gasteiger partial charge in [-0.25, -0.2) is 4.63 Å². The van der Waals surface area contributed by atoms with Crippen LogP contribution in [0.1, 0.15) is 23.9 Å². The summed E-state index contributed by atoms with van der Waals surface area (Å²) in [6, 6.07) is 7.55. The Labute approximate surface area is 139 Å². The lowest BCUT2D eigenvalue weighted by molar-refractivity contribution is 0.279. The number of nitrogens with zero attached hydrogens (tertiary/aromatic N) is 3. The molecule has 0 unspecified atom stereocenters. The Morgan fingerprint density at radius 1 is 1.25 bits per heavy atom. The first-order chi connectivity index (χ1) is 11.6. The average molecular weight is 328 g/mol. The highest BCUT2D eigenvalue weighted by molar-refractivity contribution is 5.80. The van der Waals surface area contributed by atoms with E-state index in [2.05, 4.69) is 15.3 Å². The van der Waals surface area contributed by atoms with Crippen molar-refractivity contribution in [3.63, 3.8) is 0 Å². The Bertz CT molecular complexity index is 900. The molecule has 2 aromatic heterocycles. The quantitative estimate of drug-likeness (QED) is 0.747. The van der Waals surface area contributed by atoms with Gasteiger partial charge in [-0.2, -0.15) is 0 Å². The lowest BCUT2D eigenvalue weighted by Gasteiger charge is -2.15. The molecule has 0 aliphatic carbocycles. The highest BCUT2D eigenvalue weighted by Gasteiger charge is 2.11. The molecular weight excluding hydrogens is 308 g/mol. The van der Waals surface area contributed by atoms with Crippen LogP contribution in [-0.4, -0.2) is 33.9 Å². The number of hydrogen-bond donors (Lipinski definition) is 1. The molecule has 1 N–H and O–H groups in total. The molecule has 0 saturated heterocycles. The smallest absolute Gasteiger partial charge is 0.252 e. The van der Waals surface area contributed by atoms with Crippen LogP contribution < -0.4 is 10.3 Å². The number of nitrogens with one attached hydrogen (secondary N) is 1. The molecule has 0 saturated carbocycles. The number of fused-ring (bicyclic) bond motifs is 1. The molecule has 7 nitrogen and oxygen atoms in total. The van der Waals surface area contributed by atoms with E-state index in [1.54, 1.807) is 0 Å². The van der Waals surface area contributed by atoms with Crippen molar-refractivity contribution in [1.82, 2.24) is 20.2 Å². The molecule has 1 aromatic carbocycles. The van der Waals surface area contributed by atoms with Gasteiger partial charge in [-0.3, -0.25) is 9.69 Å². The van der Waals surface area contributed by atoms with Gasteiger partial charge in [-0.05, 0) is 45.2 Å². The van der Waals surface area contributed by atoms with Crippen molar-refractivity contribution in [2.24, 2.45) is 0 Å². The van der Waals surface area contributed by atoms with E-state index in [1.807, 2.05) is 50.1 Å². The molecule has 0 spiro atoms. The van der Waals surface area contributed by atoms with E-state index < -0.39 is 0 Å². The Balaban J connectivity index is 1.84. The third-order valence-electron chi connectivity index (χ3n) is 3.81. The van der Waals surface area contributed by atoms with Gasteiger partial charge in [0.25, 0.3) is 5.56 Å². The second-order valence-electron chi connectivity index (χ2n) is 5.77. The maximum atomic E-state index is 12.3. The Kier molecular flexibility index (Phi) is 4.61. The number of pyridine rings is 1. The van der Waals surface area contributed by atoms with E-state index >= 15 is 0 Å². The summed E-state index contributed by atoms with van der Waals surface area (Å²) < 4.78 is 10.2. The van der Waals surface area contributed by atoms with Crippen molar-refractivity contribution in [2.45, 2.75) is 26.9 Å². The predicted molar refractivity (Wildman–Crippen MR) is 89.9 cm³/mol. The zero-order chi connectivity index (χ0) is 17.1. The van der Waals surface area contributed by atoms with E-state index in [0.29, 0.717) is 25.3 Å². The van der Waals surface area contributed by atoms with Gasteiger partial charge in [0, 0.05) is 29.6 Å². The molecule has 3 aromatic rings. The number of hydrogen-bond acceptors (Lipinski definition) is 6. The fourth-order valence-corrected chi connectivity index (χ4v) is 2.60. The lowest BCUT2D eigenvalue weighted by Crippen LogP contribution is -2.23. The summed E-state index contributed by atoms with van der Waals surface area (Å²) in [4.78, 5) is 17.2. The number of ether oxygens (including phenoxy) is 1. The number of aromatic amines is 1. The van der Waals surface area contributed by atoms with E-state index in [4.69, 9.17) is 9.37 Å². The van der Waals surface area contributed by atoms with Crippen molar-refractivity contribution in [3.8, 4) is 5.75 Å². The van der Waals surface area contributed by atoms with Crippen LogP contribution in [0.25, 0.3) is 10.9 Å². The van der Waals surface area contributed by atoms with Gasteiger partial charge in [0.05, 0.1) is 6.61 Å². The summed E-state index contributed by atoms with van der Waals surface area (Å²) in [5.74, 6) is 0.792. The molecule has 0 aliphatic rings. The molecule has 0 fully saturated rings. The van der Waals surface area contributed by atoms with Gasteiger partial charge in [0.2, 0.25) is 0 Å². The molecule has 7 heteroatoms. The second-order valence-corrected chi connectivity index (χ2v) is 5.77. The normalized spacial score (nSPS) is 11.3. The Hall–Kier alpha value is -2.67. The van der Waals surface area contributed by atoms with Crippen LogP contribution in [0.4, 0.5) is 0 Å². The first-order valence-corrected chi connectivity index (χ1v) is 7.82. The van der Waals surface area contributed by atoms with Crippen LogP contribution in [-0.2, 0) is 13.1 Å². The van der Waals surface area contributed by atoms with Crippen LogP contribution in [0, 0.1) is 6.92 Å². The molecule has 0 atom stereocenters. The minimum absolute atomic E-state index is 0.0893. The summed E-state index contributed by atoms with van der Waals surface area (Å²) in [6.07, 6.45) is 0. The van der Waals surface area contributed by atoms with Crippen LogP contribution in [0.15, 0.2) is 33.7 Å². The molecule has 0 amide bonds. The fourth-order valence-electron chi connectivity index (χ4n) is 2.60. The minimum atomic E-state index is -0.0893. The third-order valence-corrected chi connectivity index (χ3v) is 3.81. The number of aryl methyl sites for hydroxylation is 1. The van der Waals surface area contributed by atoms with E-state index in [0.717, 1.165) is 28.0 Å². The second kappa shape index (κ2) is 6.84. The number of aromatic nitrogens is 3. The maximum absolute atomic E-state index is 12.3. The van der Waals surface area contributed by atoms with Gasteiger partial charge in [-0.1, -0.05) is 10.3 Å². The molecule has 0 aliphatic heterocycles. The molecule has 3 rings (SSSR count). The highest BCUT2D eigenvalue weighted by atomic mass is 16.6. The van der Waals surface area contributed by atoms with Gasteiger partial charge in [-0.15, -0.1) is 0 Å². The van der Waals surface area contributed by atoms with Crippen molar-refractivity contribution < 1.29 is 9.37 Å². The van der Waals surface area contributed by atoms with E-state index in [9.17, 15) is 4.79 Å². The Morgan fingerprint density at radius 3 is 2.79 bits per heavy atom. The topological polar surface area (TPSA) is 84.3 Å².